The van der Waals surface area contributed by atoms with Gasteiger partial charge in [-0.15, -0.1) is 0 Å². The fourth-order valence-electron chi connectivity index (χ4n) is 7.03. The molecule has 0 bridgehead atoms. The molecule has 0 saturated carbocycles. The maximum absolute atomic E-state index is 12.9. The number of esters is 2. The Balaban J connectivity index is 4.43. The van der Waals surface area contributed by atoms with Crippen molar-refractivity contribution in [2.45, 2.75) is 193 Å². The van der Waals surface area contributed by atoms with E-state index in [2.05, 4.69) is 184 Å². The monoisotopic (exact) mass is 1060 g/mol. The molecule has 0 rings (SSSR count). The lowest BCUT2D eigenvalue weighted by molar-refractivity contribution is -0.870. The maximum atomic E-state index is 12.9. The molecule has 2 unspecified atom stereocenters. The molecule has 0 saturated heterocycles. The fourth-order valence-corrected chi connectivity index (χ4v) is 7.03. The highest BCUT2D eigenvalue weighted by atomic mass is 16.7. The number of likely N-dealkylation sites (N-methyl/N-ethyl adjacent to an activating group) is 1. The van der Waals surface area contributed by atoms with Gasteiger partial charge in [0.05, 0.1) is 34.4 Å². The molecule has 0 aromatic rings. The normalized spacial score (nSPS) is 14.0. The first kappa shape index (κ1) is 71.7. The van der Waals surface area contributed by atoms with E-state index < -0.39 is 30.3 Å². The number of carbonyl (C=O) groups is 3. The molecule has 2 atom stereocenters. The van der Waals surface area contributed by atoms with Crippen LogP contribution in [-0.2, 0) is 33.3 Å². The van der Waals surface area contributed by atoms with Crippen molar-refractivity contribution < 1.29 is 42.9 Å². The highest BCUT2D eigenvalue weighted by Gasteiger charge is 2.25. The van der Waals surface area contributed by atoms with E-state index in [0.29, 0.717) is 23.9 Å². The van der Waals surface area contributed by atoms with Crippen LogP contribution in [0.2, 0.25) is 0 Å². The summed E-state index contributed by atoms with van der Waals surface area (Å²) < 4.78 is 22.8. The number of hydrogen-bond donors (Lipinski definition) is 1. The van der Waals surface area contributed by atoms with E-state index in [4.69, 9.17) is 18.9 Å². The third kappa shape index (κ3) is 58.2. The van der Waals surface area contributed by atoms with E-state index in [1.807, 2.05) is 21.1 Å². The van der Waals surface area contributed by atoms with Crippen molar-refractivity contribution in [1.29, 1.82) is 0 Å². The molecule has 9 heteroatoms. The Morgan fingerprint density at radius 3 is 1.05 bits per heavy atom. The standard InChI is InChI=1S/C68H105NO8/c1-6-8-10-12-14-16-18-20-22-24-26-28-30-32-33-35-37-39-41-43-45-47-49-51-53-55-57-59-66(71)77-64(63-76-68(67(72)73)74-61-60-69(3,4)5)62-75-65(70)58-56-54-52-50-48-46-44-42-40-38-36-34-31-29-27-25-23-21-19-17-15-13-11-9-7-2/h8-11,14-17,20-23,26-29,32-34,36-37,39-40,42-43,45-46,48,64,68H,6-7,12-13,18-19,24-25,30-31,35,38,41,44,47,49-63H2,1-5H3/p+1/b10-8-,11-9-,16-14-,17-15-,22-20-,23-21-,28-26-,29-27-,33-32-,36-34-,39-37-,42-40-,45-43-,48-46-. The Hall–Kier alpha value is -5.35. The van der Waals surface area contributed by atoms with Gasteiger partial charge in [0, 0.05) is 12.8 Å². The van der Waals surface area contributed by atoms with Crippen LogP contribution in [-0.4, -0.2) is 87.4 Å². The third-order valence-corrected chi connectivity index (χ3v) is 11.5. The summed E-state index contributed by atoms with van der Waals surface area (Å²) in [5, 5.41) is 9.71. The number of quaternary nitrogens is 1. The molecule has 0 radical (unpaired) electrons. The summed E-state index contributed by atoms with van der Waals surface area (Å²) in [6, 6.07) is 0. The minimum atomic E-state index is -1.54. The minimum Gasteiger partial charge on any atom is -0.477 e. The van der Waals surface area contributed by atoms with Crippen molar-refractivity contribution in [1.82, 2.24) is 0 Å². The number of nitrogens with zero attached hydrogens (tertiary/aromatic N) is 1. The Morgan fingerprint density at radius 1 is 0.390 bits per heavy atom. The van der Waals surface area contributed by atoms with Gasteiger partial charge in [-0.05, 0) is 128 Å². The molecule has 0 spiro atoms. The quantitative estimate of drug-likeness (QED) is 0.0211. The van der Waals surface area contributed by atoms with E-state index in [0.717, 1.165) is 141 Å². The van der Waals surface area contributed by atoms with Gasteiger partial charge in [-0.25, -0.2) is 4.79 Å². The highest BCUT2D eigenvalue weighted by molar-refractivity contribution is 5.71. The highest BCUT2D eigenvalue weighted by Crippen LogP contribution is 2.12. The topological polar surface area (TPSA) is 108 Å². The summed E-state index contributed by atoms with van der Waals surface area (Å²) in [7, 11) is 5.93. The minimum absolute atomic E-state index is 0.166. The van der Waals surface area contributed by atoms with E-state index >= 15 is 0 Å². The molecule has 77 heavy (non-hydrogen) atoms. The summed E-state index contributed by atoms with van der Waals surface area (Å²) in [5.41, 5.74) is 0. The average molecular weight is 1070 g/mol. The maximum Gasteiger partial charge on any atom is 0.361 e. The molecule has 0 aromatic heterocycles. The van der Waals surface area contributed by atoms with Crippen LogP contribution in [0.3, 0.4) is 0 Å². The van der Waals surface area contributed by atoms with Gasteiger partial charge < -0.3 is 28.5 Å². The first-order valence-corrected chi connectivity index (χ1v) is 29.3. The van der Waals surface area contributed by atoms with Crippen LogP contribution in [0, 0.1) is 0 Å². The van der Waals surface area contributed by atoms with Gasteiger partial charge in [-0.1, -0.05) is 210 Å². The lowest BCUT2D eigenvalue weighted by atomic mass is 10.1. The molecule has 0 heterocycles. The van der Waals surface area contributed by atoms with Gasteiger partial charge in [0.1, 0.15) is 13.2 Å². The van der Waals surface area contributed by atoms with Crippen molar-refractivity contribution >= 4 is 17.9 Å². The molecule has 9 nitrogen and oxygen atoms in total. The largest absolute Gasteiger partial charge is 0.477 e. The van der Waals surface area contributed by atoms with Crippen molar-refractivity contribution in [2.75, 3.05) is 47.5 Å². The van der Waals surface area contributed by atoms with Crippen LogP contribution in [0.25, 0.3) is 0 Å². The third-order valence-electron chi connectivity index (χ3n) is 11.5. The molecule has 0 aliphatic rings. The van der Waals surface area contributed by atoms with Crippen molar-refractivity contribution in [3.05, 3.63) is 170 Å². The molecular weight excluding hydrogens is 959 g/mol. The zero-order valence-corrected chi connectivity index (χ0v) is 48.8. The molecule has 0 aliphatic carbocycles. The SMILES string of the molecule is CC/C=C\C/C=C\C/C=C\C/C=C\C/C=C\C/C=C\C/C=C\CCCCCCCC(=O)OC(COC(=O)CCCCC/C=C\C/C=C\C/C=C\C/C=C\C/C=C\C/C=C\C/C=C\CC)COC(OCC[N+](C)(C)C)C(=O)O. The number of rotatable bonds is 51. The van der Waals surface area contributed by atoms with E-state index in [1.165, 1.54) is 0 Å². The lowest BCUT2D eigenvalue weighted by Crippen LogP contribution is -2.40. The van der Waals surface area contributed by atoms with Gasteiger partial charge in [0.2, 0.25) is 0 Å². The predicted octanol–water partition coefficient (Wildman–Crippen LogP) is 17.6. The summed E-state index contributed by atoms with van der Waals surface area (Å²) in [6.45, 7) is 4.55. The Kier molecular flexibility index (Phi) is 52.9. The lowest BCUT2D eigenvalue weighted by Gasteiger charge is -2.25. The zero-order chi connectivity index (χ0) is 56.2. The molecule has 1 N–H and O–H groups in total. The number of unbranched alkanes of at least 4 members (excludes halogenated alkanes) is 8. The predicted molar refractivity (Wildman–Crippen MR) is 326 cm³/mol. The smallest absolute Gasteiger partial charge is 0.361 e. The van der Waals surface area contributed by atoms with E-state index in [9.17, 15) is 19.5 Å². The van der Waals surface area contributed by atoms with Crippen LogP contribution in [0.1, 0.15) is 181 Å². The van der Waals surface area contributed by atoms with Crippen LogP contribution in [0.15, 0.2) is 170 Å². The number of ether oxygens (including phenoxy) is 4. The molecule has 0 fully saturated rings. The summed E-state index contributed by atoms with van der Waals surface area (Å²) in [5.74, 6) is -2.10. The van der Waals surface area contributed by atoms with Crippen molar-refractivity contribution in [3.8, 4) is 0 Å². The zero-order valence-electron chi connectivity index (χ0n) is 48.8. The van der Waals surface area contributed by atoms with E-state index in [1.54, 1.807) is 0 Å². The number of carboxylic acid groups (broad SMARTS) is 1. The molecule has 0 aromatic carbocycles. The first-order chi connectivity index (χ1) is 37.6. The number of carboxylic acids is 1. The first-order valence-electron chi connectivity index (χ1n) is 29.3. The molecule has 0 aliphatic heterocycles. The van der Waals surface area contributed by atoms with Crippen molar-refractivity contribution in [2.24, 2.45) is 0 Å². The van der Waals surface area contributed by atoms with Gasteiger partial charge in [-0.3, -0.25) is 9.59 Å². The van der Waals surface area contributed by atoms with Gasteiger partial charge >= 0.3 is 17.9 Å². The van der Waals surface area contributed by atoms with Gasteiger partial charge in [0.25, 0.3) is 6.29 Å². The van der Waals surface area contributed by atoms with Gasteiger partial charge in [0.15, 0.2) is 6.10 Å². The summed E-state index contributed by atoms with van der Waals surface area (Å²) in [6.07, 6.45) is 82.8. The number of carbonyl (C=O) groups excluding carboxylic acids is 2. The second-order valence-electron chi connectivity index (χ2n) is 19.8. The molecule has 0 amide bonds. The van der Waals surface area contributed by atoms with Crippen molar-refractivity contribution in [3.63, 3.8) is 0 Å². The van der Waals surface area contributed by atoms with Crippen LogP contribution < -0.4 is 0 Å². The Labute approximate surface area is 469 Å². The second kappa shape index (κ2) is 56.8. The van der Waals surface area contributed by atoms with Crippen LogP contribution in [0.4, 0.5) is 0 Å². The average Bonchev–Trinajstić information content (AvgIpc) is 3.40. The van der Waals surface area contributed by atoms with Gasteiger partial charge in [-0.2, -0.15) is 0 Å². The Bertz CT molecular complexity index is 1860. The molecular formula is C68H106NO8+. The number of hydrogen-bond acceptors (Lipinski definition) is 7. The number of aliphatic carboxylic acids is 1. The van der Waals surface area contributed by atoms with Crippen LogP contribution in [0.5, 0.6) is 0 Å². The second-order valence-corrected chi connectivity index (χ2v) is 19.8. The summed E-state index contributed by atoms with van der Waals surface area (Å²) in [4.78, 5) is 37.5. The number of allylic oxidation sites excluding steroid dienone is 28. The summed E-state index contributed by atoms with van der Waals surface area (Å²) >= 11 is 0. The molecule has 430 valence electrons. The Morgan fingerprint density at radius 2 is 0.701 bits per heavy atom. The van der Waals surface area contributed by atoms with E-state index in [-0.39, 0.29) is 32.7 Å². The van der Waals surface area contributed by atoms with Crippen LogP contribution >= 0.6 is 0 Å². The fraction of sp³-hybridized carbons (Fsp3) is 0.544.